The van der Waals surface area contributed by atoms with Gasteiger partial charge in [0.25, 0.3) is 5.91 Å². The van der Waals surface area contributed by atoms with Crippen LogP contribution in [0.2, 0.25) is 0 Å². The smallest absolute Gasteiger partial charge is 0.256 e. The van der Waals surface area contributed by atoms with Crippen molar-refractivity contribution < 1.29 is 9.59 Å². The van der Waals surface area contributed by atoms with Crippen LogP contribution in [0.25, 0.3) is 10.9 Å². The Labute approximate surface area is 141 Å². The van der Waals surface area contributed by atoms with Crippen molar-refractivity contribution in [3.63, 3.8) is 0 Å². The first kappa shape index (κ1) is 15.2. The molecule has 1 saturated carbocycles. The fourth-order valence-corrected chi connectivity index (χ4v) is 3.67. The van der Waals surface area contributed by atoms with Crippen molar-refractivity contribution in [2.45, 2.75) is 19.8 Å². The average Bonchev–Trinajstić information content (AvgIpc) is 3.43. The van der Waals surface area contributed by atoms with Crippen molar-refractivity contribution in [1.29, 1.82) is 0 Å². The number of fused-ring (bicyclic) bond motifs is 1. The van der Waals surface area contributed by atoms with Crippen LogP contribution in [0.1, 0.15) is 28.9 Å². The van der Waals surface area contributed by atoms with Crippen LogP contribution in [-0.2, 0) is 11.8 Å². The summed E-state index contributed by atoms with van der Waals surface area (Å²) in [6, 6.07) is 8.04. The lowest BCUT2D eigenvalue weighted by Crippen LogP contribution is -2.51. The molecule has 2 amide bonds. The number of carbonyl (C=O) groups excluding carboxylic acids is 2. The van der Waals surface area contributed by atoms with Gasteiger partial charge in [0.1, 0.15) is 0 Å². The molecule has 2 fully saturated rings. The highest BCUT2D eigenvalue weighted by atomic mass is 16.2. The molecule has 1 saturated heterocycles. The van der Waals surface area contributed by atoms with Crippen LogP contribution < -0.4 is 0 Å². The number of aryl methyl sites for hydroxylation is 1. The second-order valence-electron chi connectivity index (χ2n) is 6.93. The van der Waals surface area contributed by atoms with E-state index in [2.05, 4.69) is 4.57 Å². The number of rotatable bonds is 2. The van der Waals surface area contributed by atoms with E-state index in [0.717, 1.165) is 35.0 Å². The molecule has 2 aliphatic rings. The van der Waals surface area contributed by atoms with Crippen molar-refractivity contribution >= 4 is 22.7 Å². The molecule has 5 nitrogen and oxygen atoms in total. The Morgan fingerprint density at radius 2 is 1.62 bits per heavy atom. The maximum atomic E-state index is 13.1. The van der Waals surface area contributed by atoms with Crippen molar-refractivity contribution in [2.24, 2.45) is 13.0 Å². The predicted molar refractivity (Wildman–Crippen MR) is 92.9 cm³/mol. The number of aromatic nitrogens is 1. The highest BCUT2D eigenvalue weighted by Gasteiger charge is 2.35. The molecular formula is C19H23N3O2. The number of nitrogens with zero attached hydrogens (tertiary/aromatic N) is 3. The van der Waals surface area contributed by atoms with Gasteiger partial charge in [-0.15, -0.1) is 0 Å². The topological polar surface area (TPSA) is 45.6 Å². The second-order valence-corrected chi connectivity index (χ2v) is 6.93. The molecule has 0 radical (unpaired) electrons. The maximum absolute atomic E-state index is 13.1. The third-order valence-corrected chi connectivity index (χ3v) is 5.42. The molecule has 0 spiro atoms. The molecule has 1 aromatic carbocycles. The summed E-state index contributed by atoms with van der Waals surface area (Å²) in [5.41, 5.74) is 2.88. The fraction of sp³-hybridized carbons (Fsp3) is 0.474. The zero-order valence-electron chi connectivity index (χ0n) is 14.3. The molecule has 2 heterocycles. The molecule has 24 heavy (non-hydrogen) atoms. The van der Waals surface area contributed by atoms with Crippen LogP contribution in [0.3, 0.4) is 0 Å². The molecule has 4 rings (SSSR count). The standard InChI is InChI=1S/C19H23N3O2/c1-13-17(15-5-3-4-6-16(15)20(13)2)19(24)22-11-9-21(10-12-22)18(23)14-7-8-14/h3-6,14H,7-12H2,1-2H3. The Kier molecular flexibility index (Phi) is 3.59. The van der Waals surface area contributed by atoms with Gasteiger partial charge in [-0.1, -0.05) is 18.2 Å². The molecular weight excluding hydrogens is 302 g/mol. The van der Waals surface area contributed by atoms with E-state index in [1.165, 1.54) is 0 Å². The minimum atomic E-state index is 0.0859. The van der Waals surface area contributed by atoms with E-state index in [4.69, 9.17) is 0 Å². The van der Waals surface area contributed by atoms with Gasteiger partial charge in [0.05, 0.1) is 5.56 Å². The average molecular weight is 325 g/mol. The fourth-order valence-electron chi connectivity index (χ4n) is 3.67. The van der Waals surface area contributed by atoms with E-state index in [1.54, 1.807) is 0 Å². The van der Waals surface area contributed by atoms with Crippen LogP contribution in [0.4, 0.5) is 0 Å². The summed E-state index contributed by atoms with van der Waals surface area (Å²) in [4.78, 5) is 29.1. The van der Waals surface area contributed by atoms with Crippen LogP contribution in [0.15, 0.2) is 24.3 Å². The van der Waals surface area contributed by atoms with E-state index in [-0.39, 0.29) is 17.7 Å². The van der Waals surface area contributed by atoms with Crippen molar-refractivity contribution in [3.05, 3.63) is 35.5 Å². The maximum Gasteiger partial charge on any atom is 0.256 e. The van der Waals surface area contributed by atoms with Crippen molar-refractivity contribution in [2.75, 3.05) is 26.2 Å². The molecule has 1 aliphatic carbocycles. The van der Waals surface area contributed by atoms with E-state index in [0.29, 0.717) is 26.2 Å². The first-order chi connectivity index (χ1) is 11.6. The van der Waals surface area contributed by atoms with Crippen LogP contribution in [-0.4, -0.2) is 52.4 Å². The number of para-hydroxylation sites is 1. The van der Waals surface area contributed by atoms with E-state index in [9.17, 15) is 9.59 Å². The molecule has 0 bridgehead atoms. The molecule has 126 valence electrons. The number of amides is 2. The van der Waals surface area contributed by atoms with Gasteiger partial charge in [-0.05, 0) is 25.8 Å². The number of benzene rings is 1. The summed E-state index contributed by atoms with van der Waals surface area (Å²) in [5.74, 6) is 0.624. The third-order valence-electron chi connectivity index (χ3n) is 5.42. The van der Waals surface area contributed by atoms with Gasteiger partial charge in [-0.3, -0.25) is 9.59 Å². The van der Waals surface area contributed by atoms with Crippen LogP contribution in [0, 0.1) is 12.8 Å². The lowest BCUT2D eigenvalue weighted by atomic mass is 10.1. The van der Waals surface area contributed by atoms with Gasteiger partial charge < -0.3 is 14.4 Å². The van der Waals surface area contributed by atoms with Crippen LogP contribution >= 0.6 is 0 Å². The Balaban J connectivity index is 1.55. The molecule has 0 N–H and O–H groups in total. The predicted octanol–water partition coefficient (Wildman–Crippen LogP) is 2.18. The Morgan fingerprint density at radius 3 is 2.29 bits per heavy atom. The van der Waals surface area contributed by atoms with E-state index >= 15 is 0 Å². The molecule has 5 heteroatoms. The lowest BCUT2D eigenvalue weighted by molar-refractivity contribution is -0.134. The first-order valence-electron chi connectivity index (χ1n) is 8.70. The van der Waals surface area contributed by atoms with Crippen molar-refractivity contribution in [1.82, 2.24) is 14.4 Å². The largest absolute Gasteiger partial charge is 0.347 e. The van der Waals surface area contributed by atoms with Gasteiger partial charge in [0.15, 0.2) is 0 Å². The minimum Gasteiger partial charge on any atom is -0.347 e. The molecule has 1 aliphatic heterocycles. The van der Waals surface area contributed by atoms with Crippen molar-refractivity contribution in [3.8, 4) is 0 Å². The first-order valence-corrected chi connectivity index (χ1v) is 8.70. The monoisotopic (exact) mass is 325 g/mol. The zero-order valence-corrected chi connectivity index (χ0v) is 14.3. The molecule has 0 unspecified atom stereocenters. The lowest BCUT2D eigenvalue weighted by Gasteiger charge is -2.35. The number of hydrogen-bond acceptors (Lipinski definition) is 2. The summed E-state index contributed by atoms with van der Waals surface area (Å²) >= 11 is 0. The van der Waals surface area contributed by atoms with Gasteiger partial charge in [-0.25, -0.2) is 0 Å². The summed E-state index contributed by atoms with van der Waals surface area (Å²) < 4.78 is 2.08. The summed E-state index contributed by atoms with van der Waals surface area (Å²) in [5, 5.41) is 1.01. The summed E-state index contributed by atoms with van der Waals surface area (Å²) in [6.07, 6.45) is 2.07. The normalized spacial score (nSPS) is 18.2. The Morgan fingerprint density at radius 1 is 1.00 bits per heavy atom. The number of hydrogen-bond donors (Lipinski definition) is 0. The quantitative estimate of drug-likeness (QED) is 0.849. The van der Waals surface area contributed by atoms with Gasteiger partial charge >= 0.3 is 0 Å². The Hall–Kier alpha value is -2.30. The number of carbonyl (C=O) groups is 2. The minimum absolute atomic E-state index is 0.0859. The number of piperazine rings is 1. The summed E-state index contributed by atoms with van der Waals surface area (Å²) in [7, 11) is 2.00. The molecule has 2 aromatic rings. The third kappa shape index (κ3) is 2.39. The van der Waals surface area contributed by atoms with Gasteiger partial charge in [0, 0.05) is 55.7 Å². The zero-order chi connectivity index (χ0) is 16.8. The Bertz CT molecular complexity index is 811. The molecule has 1 aromatic heterocycles. The summed E-state index contributed by atoms with van der Waals surface area (Å²) in [6.45, 7) is 4.57. The van der Waals surface area contributed by atoms with Gasteiger partial charge in [-0.2, -0.15) is 0 Å². The molecule has 0 atom stereocenters. The highest BCUT2D eigenvalue weighted by molar-refractivity contribution is 6.08. The highest BCUT2D eigenvalue weighted by Crippen LogP contribution is 2.31. The second kappa shape index (κ2) is 5.65. The SMILES string of the molecule is Cc1c(C(=O)N2CCN(C(=O)C3CC3)CC2)c2ccccc2n1C. The van der Waals surface area contributed by atoms with Gasteiger partial charge in [0.2, 0.25) is 5.91 Å². The van der Waals surface area contributed by atoms with E-state index in [1.807, 2.05) is 48.0 Å². The van der Waals surface area contributed by atoms with Crippen LogP contribution in [0.5, 0.6) is 0 Å². The van der Waals surface area contributed by atoms with E-state index < -0.39 is 0 Å².